The molecule has 0 spiro atoms. The number of anilines is 1. The minimum absolute atomic E-state index is 0.0297. The lowest BCUT2D eigenvalue weighted by Crippen LogP contribution is -2.50. The summed E-state index contributed by atoms with van der Waals surface area (Å²) in [7, 11) is -3.61. The standard InChI is InChI=1S/C22H24N4O6S/c1-16-13-19(24-32-16)23-20(27)14-25-8-10-26(11-9-25)22(28)21-17(7-12-31-21)15-33(29,30)18-5-3-2-4-6-18/h2-7,12-13H,8-11,14-15H2,1H3,(H,23,24,27). The van der Waals surface area contributed by atoms with E-state index in [0.29, 0.717) is 43.3 Å². The second kappa shape index (κ2) is 9.59. The Morgan fingerprint density at radius 2 is 1.82 bits per heavy atom. The van der Waals surface area contributed by atoms with Crippen LogP contribution in [0.2, 0.25) is 0 Å². The molecule has 1 saturated heterocycles. The lowest BCUT2D eigenvalue weighted by Gasteiger charge is -2.33. The molecule has 0 saturated carbocycles. The summed E-state index contributed by atoms with van der Waals surface area (Å²) in [5, 5.41) is 6.40. The van der Waals surface area contributed by atoms with Gasteiger partial charge in [0.25, 0.3) is 5.91 Å². The van der Waals surface area contributed by atoms with Crippen molar-refractivity contribution in [1.82, 2.24) is 15.0 Å². The van der Waals surface area contributed by atoms with Crippen LogP contribution in [0.25, 0.3) is 0 Å². The second-order valence-electron chi connectivity index (χ2n) is 7.79. The number of piperazine rings is 1. The molecule has 4 rings (SSSR count). The molecule has 11 heteroatoms. The van der Waals surface area contributed by atoms with Gasteiger partial charge in [0.2, 0.25) is 5.91 Å². The van der Waals surface area contributed by atoms with Crippen molar-refractivity contribution in [2.24, 2.45) is 0 Å². The van der Waals surface area contributed by atoms with Crippen LogP contribution >= 0.6 is 0 Å². The summed E-state index contributed by atoms with van der Waals surface area (Å²) in [6.07, 6.45) is 1.33. The molecule has 10 nitrogen and oxygen atoms in total. The average Bonchev–Trinajstić information content (AvgIpc) is 3.42. The van der Waals surface area contributed by atoms with Crippen LogP contribution in [0.3, 0.4) is 0 Å². The SMILES string of the molecule is Cc1cc(NC(=O)CN2CCN(C(=O)c3occc3CS(=O)(=O)c3ccccc3)CC2)no1. The first-order valence-corrected chi connectivity index (χ1v) is 12.1. The van der Waals surface area contributed by atoms with E-state index in [-0.39, 0.29) is 34.8 Å². The smallest absolute Gasteiger partial charge is 0.289 e. The van der Waals surface area contributed by atoms with E-state index in [4.69, 9.17) is 8.94 Å². The lowest BCUT2D eigenvalue weighted by molar-refractivity contribution is -0.117. The zero-order valence-corrected chi connectivity index (χ0v) is 18.9. The number of benzene rings is 1. The number of carbonyl (C=O) groups excluding carboxylic acids is 2. The summed E-state index contributed by atoms with van der Waals surface area (Å²) >= 11 is 0. The first-order chi connectivity index (χ1) is 15.8. The molecule has 1 aromatic carbocycles. The molecule has 1 N–H and O–H groups in total. The Bertz CT molecular complexity index is 1230. The third-order valence-corrected chi connectivity index (χ3v) is 6.99. The lowest BCUT2D eigenvalue weighted by atomic mass is 10.2. The van der Waals surface area contributed by atoms with E-state index in [1.165, 1.54) is 24.5 Å². The number of nitrogens with zero attached hydrogens (tertiary/aromatic N) is 3. The highest BCUT2D eigenvalue weighted by molar-refractivity contribution is 7.90. The molecular weight excluding hydrogens is 448 g/mol. The van der Waals surface area contributed by atoms with Crippen LogP contribution in [0.15, 0.2) is 62.6 Å². The van der Waals surface area contributed by atoms with Crippen LogP contribution < -0.4 is 5.32 Å². The van der Waals surface area contributed by atoms with Gasteiger partial charge in [-0.1, -0.05) is 23.4 Å². The van der Waals surface area contributed by atoms with Crippen LogP contribution in [0.1, 0.15) is 21.9 Å². The number of amides is 2. The molecule has 0 bridgehead atoms. The monoisotopic (exact) mass is 472 g/mol. The van der Waals surface area contributed by atoms with Gasteiger partial charge in [-0.15, -0.1) is 0 Å². The Kier molecular flexibility index (Phi) is 6.61. The quantitative estimate of drug-likeness (QED) is 0.553. The minimum atomic E-state index is -3.61. The van der Waals surface area contributed by atoms with E-state index >= 15 is 0 Å². The van der Waals surface area contributed by atoms with Crippen molar-refractivity contribution in [2.45, 2.75) is 17.6 Å². The van der Waals surface area contributed by atoms with Crippen molar-refractivity contribution >= 4 is 27.5 Å². The Balaban J connectivity index is 1.33. The van der Waals surface area contributed by atoms with Crippen LogP contribution in [-0.4, -0.2) is 67.9 Å². The third-order valence-electron chi connectivity index (χ3n) is 5.31. The van der Waals surface area contributed by atoms with Crippen molar-refractivity contribution in [2.75, 3.05) is 38.0 Å². The largest absolute Gasteiger partial charge is 0.459 e. The van der Waals surface area contributed by atoms with Gasteiger partial charge < -0.3 is 19.2 Å². The van der Waals surface area contributed by atoms with Crippen molar-refractivity contribution in [3.8, 4) is 0 Å². The van der Waals surface area contributed by atoms with Gasteiger partial charge in [0.05, 0.1) is 23.5 Å². The van der Waals surface area contributed by atoms with Gasteiger partial charge in [0.15, 0.2) is 21.4 Å². The normalized spacial score (nSPS) is 14.9. The summed E-state index contributed by atoms with van der Waals surface area (Å²) in [6, 6.07) is 11.2. The molecule has 0 aliphatic carbocycles. The fraction of sp³-hybridized carbons (Fsp3) is 0.318. The number of sulfone groups is 1. The Morgan fingerprint density at radius 3 is 2.48 bits per heavy atom. The molecule has 0 atom stereocenters. The fourth-order valence-corrected chi connectivity index (χ4v) is 4.99. The number of furan rings is 1. The summed E-state index contributed by atoms with van der Waals surface area (Å²) in [4.78, 5) is 28.9. The Hall–Kier alpha value is -3.44. The van der Waals surface area contributed by atoms with Crippen molar-refractivity contribution in [1.29, 1.82) is 0 Å². The molecule has 1 fully saturated rings. The molecule has 1 aliphatic rings. The molecule has 2 amide bonds. The van der Waals surface area contributed by atoms with E-state index in [9.17, 15) is 18.0 Å². The summed E-state index contributed by atoms with van der Waals surface area (Å²) in [6.45, 7) is 3.67. The van der Waals surface area contributed by atoms with Gasteiger partial charge in [0.1, 0.15) is 5.76 Å². The summed E-state index contributed by atoms with van der Waals surface area (Å²) < 4.78 is 35.7. The maximum absolute atomic E-state index is 13.0. The average molecular weight is 473 g/mol. The van der Waals surface area contributed by atoms with Gasteiger partial charge >= 0.3 is 0 Å². The number of aryl methyl sites for hydroxylation is 1. The molecular formula is C22H24N4O6S. The number of rotatable bonds is 7. The number of carbonyl (C=O) groups is 2. The summed E-state index contributed by atoms with van der Waals surface area (Å²) in [5.74, 6) is 0.0921. The van der Waals surface area contributed by atoms with Gasteiger partial charge in [0, 0.05) is 37.8 Å². The highest BCUT2D eigenvalue weighted by Gasteiger charge is 2.28. The maximum Gasteiger partial charge on any atom is 0.289 e. The topological polar surface area (TPSA) is 126 Å². The summed E-state index contributed by atoms with van der Waals surface area (Å²) in [5.41, 5.74) is 0.327. The van der Waals surface area contributed by atoms with Gasteiger partial charge in [-0.25, -0.2) is 8.42 Å². The number of nitrogens with one attached hydrogen (secondary N) is 1. The number of hydrogen-bond acceptors (Lipinski definition) is 8. The van der Waals surface area contributed by atoms with E-state index in [1.54, 1.807) is 36.1 Å². The maximum atomic E-state index is 13.0. The van der Waals surface area contributed by atoms with Gasteiger partial charge in [-0.3, -0.25) is 14.5 Å². The van der Waals surface area contributed by atoms with Crippen LogP contribution in [-0.2, 0) is 20.4 Å². The molecule has 2 aromatic heterocycles. The Morgan fingerprint density at radius 1 is 1.09 bits per heavy atom. The third kappa shape index (κ3) is 5.49. The van der Waals surface area contributed by atoms with E-state index in [0.717, 1.165) is 0 Å². The molecule has 0 radical (unpaired) electrons. The first kappa shape index (κ1) is 22.7. The molecule has 3 aromatic rings. The van der Waals surface area contributed by atoms with Gasteiger partial charge in [-0.2, -0.15) is 0 Å². The second-order valence-corrected chi connectivity index (χ2v) is 9.78. The first-order valence-electron chi connectivity index (χ1n) is 10.4. The minimum Gasteiger partial charge on any atom is -0.459 e. The van der Waals surface area contributed by atoms with E-state index < -0.39 is 9.84 Å². The zero-order valence-electron chi connectivity index (χ0n) is 18.1. The van der Waals surface area contributed by atoms with Crippen molar-refractivity contribution in [3.63, 3.8) is 0 Å². The molecule has 1 aliphatic heterocycles. The molecule has 3 heterocycles. The van der Waals surface area contributed by atoms with Gasteiger partial charge in [-0.05, 0) is 25.1 Å². The highest BCUT2D eigenvalue weighted by atomic mass is 32.2. The van der Waals surface area contributed by atoms with Crippen molar-refractivity contribution < 1.29 is 26.9 Å². The molecule has 0 unspecified atom stereocenters. The predicted octanol–water partition coefficient (Wildman–Crippen LogP) is 1.95. The fourth-order valence-electron chi connectivity index (χ4n) is 3.62. The number of aromatic nitrogens is 1. The number of hydrogen-bond donors (Lipinski definition) is 1. The predicted molar refractivity (Wildman–Crippen MR) is 118 cm³/mol. The zero-order chi connectivity index (χ0) is 23.4. The molecule has 174 valence electrons. The van der Waals surface area contributed by atoms with Crippen LogP contribution in [0, 0.1) is 6.92 Å². The van der Waals surface area contributed by atoms with Crippen molar-refractivity contribution in [3.05, 3.63) is 65.8 Å². The van der Waals surface area contributed by atoms with Crippen LogP contribution in [0.5, 0.6) is 0 Å². The molecule has 33 heavy (non-hydrogen) atoms. The Labute approximate surface area is 191 Å². The van der Waals surface area contributed by atoms with E-state index in [1.807, 2.05) is 4.90 Å². The van der Waals surface area contributed by atoms with Crippen LogP contribution in [0.4, 0.5) is 5.82 Å². The van der Waals surface area contributed by atoms with E-state index in [2.05, 4.69) is 10.5 Å². The highest BCUT2D eigenvalue weighted by Crippen LogP contribution is 2.21.